The van der Waals surface area contributed by atoms with Crippen LogP contribution >= 0.6 is 0 Å². The molecule has 35 heavy (non-hydrogen) atoms. The second-order valence-corrected chi connectivity index (χ2v) is 8.25. The predicted octanol–water partition coefficient (Wildman–Crippen LogP) is 3.96. The predicted molar refractivity (Wildman–Crippen MR) is 140 cm³/mol. The van der Waals surface area contributed by atoms with E-state index in [2.05, 4.69) is 9.97 Å². The molecule has 8 bridgehead atoms. The number of nitrogens with one attached hydrogen (secondary N) is 1. The summed E-state index contributed by atoms with van der Waals surface area (Å²) in [6.45, 7) is 0. The summed E-state index contributed by atoms with van der Waals surface area (Å²) in [5.41, 5.74) is 28.1. The first-order valence-corrected chi connectivity index (χ1v) is 10.8. The number of H-pyrrole nitrogens is 1. The zero-order valence-electron chi connectivity index (χ0n) is 18.9. The monoisotopic (exact) mass is 510 g/mol. The van der Waals surface area contributed by atoms with Gasteiger partial charge in [0.15, 0.2) is 0 Å². The number of rotatable bonds is 1. The van der Waals surface area contributed by atoms with Crippen molar-refractivity contribution in [2.45, 2.75) is 0 Å². The largest absolute Gasteiger partial charge is 0.397 e. The number of hydrogen-bond donors (Lipinski definition) is 5. The first kappa shape index (κ1) is 22.4. The van der Waals surface area contributed by atoms with Crippen LogP contribution in [0.15, 0.2) is 60.7 Å². The van der Waals surface area contributed by atoms with Gasteiger partial charge in [-0.1, -0.05) is 30.3 Å². The number of anilines is 2. The molecule has 0 radical (unpaired) electrons. The first-order chi connectivity index (χ1) is 16.5. The molecule has 0 saturated carbocycles. The fourth-order valence-corrected chi connectivity index (χ4v) is 4.42. The third kappa shape index (κ3) is 3.76. The number of nitrogens with two attached hydrogens (primary N) is 4. The molecule has 4 aromatic rings. The van der Waals surface area contributed by atoms with E-state index in [0.29, 0.717) is 39.5 Å². The number of aromatic nitrogens is 4. The van der Waals surface area contributed by atoms with E-state index >= 15 is 0 Å². The Morgan fingerprint density at radius 3 is 2.11 bits per heavy atom. The van der Waals surface area contributed by atoms with Gasteiger partial charge in [-0.05, 0) is 54.1 Å². The Bertz CT molecular complexity index is 1690. The molecule has 0 aliphatic carbocycles. The van der Waals surface area contributed by atoms with Crippen molar-refractivity contribution in [3.63, 3.8) is 0 Å². The molecule has 0 atom stereocenters. The zero-order chi connectivity index (χ0) is 23.4. The molecule has 0 saturated heterocycles. The molecule has 0 spiro atoms. The second-order valence-electron chi connectivity index (χ2n) is 8.25. The van der Waals surface area contributed by atoms with Crippen molar-refractivity contribution in [1.29, 1.82) is 0 Å². The fourth-order valence-electron chi connectivity index (χ4n) is 4.42. The van der Waals surface area contributed by atoms with Gasteiger partial charge in [-0.15, -0.1) is 0 Å². The van der Waals surface area contributed by atoms with E-state index in [9.17, 15) is 0 Å². The van der Waals surface area contributed by atoms with Crippen LogP contribution in [0, 0.1) is 0 Å². The van der Waals surface area contributed by atoms with Crippen LogP contribution in [0.4, 0.5) is 11.4 Å². The smallest absolute Gasteiger partial charge is 0.112 e. The molecule has 9 N–H and O–H groups in total. The molecule has 0 fully saturated rings. The van der Waals surface area contributed by atoms with Gasteiger partial charge in [-0.3, -0.25) is 4.68 Å². The first-order valence-electron chi connectivity index (χ1n) is 10.8. The van der Waals surface area contributed by atoms with Crippen molar-refractivity contribution in [3.05, 3.63) is 83.4 Å². The van der Waals surface area contributed by atoms with Gasteiger partial charge in [-0.25, -0.2) is 9.97 Å². The van der Waals surface area contributed by atoms with Crippen LogP contribution < -0.4 is 23.0 Å². The average molecular weight is 512 g/mol. The van der Waals surface area contributed by atoms with E-state index in [1.54, 1.807) is 6.08 Å². The molecular weight excluding hydrogens is 490 g/mol. The van der Waals surface area contributed by atoms with Crippen LogP contribution in [0.25, 0.3) is 57.1 Å². The van der Waals surface area contributed by atoms with Gasteiger partial charge < -0.3 is 28.0 Å². The van der Waals surface area contributed by atoms with Crippen LogP contribution in [0.3, 0.4) is 0 Å². The Morgan fingerprint density at radius 1 is 0.743 bits per heavy atom. The number of nitrogen functional groups attached to an aromatic ring is 3. The minimum absolute atomic E-state index is 0. The van der Waals surface area contributed by atoms with E-state index in [1.807, 2.05) is 72.8 Å². The average Bonchev–Trinajstić information content (AvgIpc) is 3.58. The summed E-state index contributed by atoms with van der Waals surface area (Å²) in [4.78, 5) is 12.7. The zero-order valence-corrected chi connectivity index (χ0v) is 21.8. The molecule has 3 aromatic heterocycles. The number of nitrogens with zero attached hydrogens (tertiary/aromatic N) is 3. The van der Waals surface area contributed by atoms with Crippen LogP contribution in [-0.4, -0.2) is 19.6 Å². The van der Waals surface area contributed by atoms with Crippen LogP contribution in [-0.2, 0) is 19.5 Å². The van der Waals surface area contributed by atoms with Crippen molar-refractivity contribution in [3.8, 4) is 11.1 Å². The van der Waals surface area contributed by atoms with Gasteiger partial charge in [0.25, 0.3) is 0 Å². The number of hydrogen-bond acceptors (Lipinski definition) is 6. The van der Waals surface area contributed by atoms with E-state index < -0.39 is 0 Å². The van der Waals surface area contributed by atoms with Gasteiger partial charge in [0.1, 0.15) is 11.2 Å². The maximum atomic E-state index is 6.68. The molecule has 0 amide bonds. The molecule has 1 aromatic carbocycles. The molecule has 9 heteroatoms. The molecule has 0 unspecified atom stereocenters. The van der Waals surface area contributed by atoms with Crippen LogP contribution in [0.2, 0.25) is 0 Å². The molecular formula is C26H22N8Zn. The summed E-state index contributed by atoms with van der Waals surface area (Å²) in [6.07, 6.45) is 5.67. The molecule has 2 aliphatic rings. The van der Waals surface area contributed by atoms with E-state index in [0.717, 1.165) is 33.5 Å². The third-order valence-corrected chi connectivity index (χ3v) is 5.98. The standard InChI is InChI=1S/C26H22N8.Zn/c27-20-12-19-11-17-7-6-15(31-17)10-16-8-9-18(32-16)13-21-22(14-4-2-1-3-5-14)23(28)26(34(21)30)24(29)25(20)33-19;/h1-13,31H,27-30H2;. The minimum atomic E-state index is 0. The number of aromatic amines is 1. The van der Waals surface area contributed by atoms with Crippen molar-refractivity contribution in [2.24, 2.45) is 5.73 Å². The summed E-state index contributed by atoms with van der Waals surface area (Å²) < 4.78 is 1.49. The normalized spacial score (nSPS) is 12.3. The Kier molecular flexibility index (Phi) is 5.42. The summed E-state index contributed by atoms with van der Waals surface area (Å²) in [5, 5.41) is 0. The van der Waals surface area contributed by atoms with Gasteiger partial charge in [0.05, 0.1) is 39.7 Å². The van der Waals surface area contributed by atoms with Crippen molar-refractivity contribution < 1.29 is 19.5 Å². The molecule has 6 rings (SSSR count). The number of benzene rings is 1. The van der Waals surface area contributed by atoms with Crippen molar-refractivity contribution in [1.82, 2.24) is 19.6 Å². The minimum Gasteiger partial charge on any atom is -0.397 e. The van der Waals surface area contributed by atoms with Gasteiger partial charge in [-0.2, -0.15) is 0 Å². The fraction of sp³-hybridized carbons (Fsp3) is 0. The molecule has 2 aliphatic heterocycles. The van der Waals surface area contributed by atoms with Crippen molar-refractivity contribution in [2.75, 3.05) is 17.3 Å². The SMILES string of the molecule is NC1=Cc2cc3ccc(cc4nc(cc5c(-c6ccccc6)c(N)c(c(N)c1n2)n5N)C=C4)[nH]3.[Zn]. The topological polar surface area (TPSA) is 151 Å². The summed E-state index contributed by atoms with van der Waals surface area (Å²) in [7, 11) is 0. The van der Waals surface area contributed by atoms with Gasteiger partial charge >= 0.3 is 0 Å². The Morgan fingerprint density at radius 2 is 1.40 bits per heavy atom. The summed E-state index contributed by atoms with van der Waals surface area (Å²) in [5.74, 6) is 6.61. The number of fused-ring (bicyclic) bond motifs is 8. The molecule has 168 valence electrons. The Balaban J connectivity index is 0.00000253. The molecule has 8 nitrogen and oxygen atoms in total. The van der Waals surface area contributed by atoms with Crippen LogP contribution in [0.5, 0.6) is 0 Å². The van der Waals surface area contributed by atoms with Crippen LogP contribution in [0.1, 0.15) is 22.8 Å². The summed E-state index contributed by atoms with van der Waals surface area (Å²) in [6, 6.07) is 19.5. The van der Waals surface area contributed by atoms with E-state index in [4.69, 9.17) is 28.0 Å². The third-order valence-electron chi connectivity index (χ3n) is 5.98. The van der Waals surface area contributed by atoms with E-state index in [1.165, 1.54) is 4.68 Å². The maximum Gasteiger partial charge on any atom is 0.112 e. The van der Waals surface area contributed by atoms with Gasteiger partial charge in [0.2, 0.25) is 0 Å². The quantitative estimate of drug-likeness (QED) is 0.170. The Labute approximate surface area is 213 Å². The Hall–Kier alpha value is -4.36. The van der Waals surface area contributed by atoms with Gasteiger partial charge in [0, 0.05) is 36.1 Å². The molecule has 5 heterocycles. The van der Waals surface area contributed by atoms with E-state index in [-0.39, 0.29) is 19.5 Å². The second kappa shape index (κ2) is 8.45. The van der Waals surface area contributed by atoms with Crippen molar-refractivity contribution >= 4 is 57.4 Å². The summed E-state index contributed by atoms with van der Waals surface area (Å²) >= 11 is 0. The maximum absolute atomic E-state index is 6.68.